The second-order valence-corrected chi connectivity index (χ2v) is 6.27. The van der Waals surface area contributed by atoms with Crippen molar-refractivity contribution in [3.05, 3.63) is 23.4 Å². The van der Waals surface area contributed by atoms with E-state index in [1.165, 1.54) is 12.8 Å². The summed E-state index contributed by atoms with van der Waals surface area (Å²) < 4.78 is 0. The van der Waals surface area contributed by atoms with Crippen LogP contribution in [-0.2, 0) is 0 Å². The largest absolute Gasteiger partial charge is 0.370 e. The molecule has 2 N–H and O–H groups in total. The zero-order valence-corrected chi connectivity index (χ0v) is 13.2. The van der Waals surface area contributed by atoms with Gasteiger partial charge in [-0.3, -0.25) is 4.79 Å². The SMILES string of the molecule is CCNc1cc(C(=O)NC2CCCC2SC)cc(C)n1. The third-order valence-corrected chi connectivity index (χ3v) is 4.82. The Bertz CT molecular complexity index is 478. The van der Waals surface area contributed by atoms with Gasteiger partial charge in [-0.2, -0.15) is 11.8 Å². The summed E-state index contributed by atoms with van der Waals surface area (Å²) >= 11 is 1.85. The predicted molar refractivity (Wildman–Crippen MR) is 85.5 cm³/mol. The van der Waals surface area contributed by atoms with Gasteiger partial charge < -0.3 is 10.6 Å². The first-order valence-corrected chi connectivity index (χ1v) is 8.49. The first-order valence-electron chi connectivity index (χ1n) is 7.20. The Morgan fingerprint density at radius 2 is 2.25 bits per heavy atom. The zero-order valence-electron chi connectivity index (χ0n) is 12.4. The number of hydrogen-bond donors (Lipinski definition) is 2. The third kappa shape index (κ3) is 3.66. The van der Waals surface area contributed by atoms with Crippen LogP contribution in [0.5, 0.6) is 0 Å². The van der Waals surface area contributed by atoms with Gasteiger partial charge in [-0.05, 0) is 45.1 Å². The lowest BCUT2D eigenvalue weighted by Gasteiger charge is -2.19. The van der Waals surface area contributed by atoms with Crippen molar-refractivity contribution in [3.63, 3.8) is 0 Å². The number of hydrogen-bond acceptors (Lipinski definition) is 4. The first kappa shape index (κ1) is 15.2. The highest BCUT2D eigenvalue weighted by Crippen LogP contribution is 2.28. The Kier molecular flexibility index (Phi) is 5.29. The maximum absolute atomic E-state index is 12.4. The quantitative estimate of drug-likeness (QED) is 0.876. The first-order chi connectivity index (χ1) is 9.63. The number of carbonyl (C=O) groups excluding carboxylic acids is 1. The lowest BCUT2D eigenvalue weighted by atomic mass is 10.1. The molecule has 20 heavy (non-hydrogen) atoms. The summed E-state index contributed by atoms with van der Waals surface area (Å²) in [5.41, 5.74) is 1.56. The van der Waals surface area contributed by atoms with Gasteiger partial charge in [-0.1, -0.05) is 6.42 Å². The van der Waals surface area contributed by atoms with Crippen molar-refractivity contribution >= 4 is 23.5 Å². The van der Waals surface area contributed by atoms with Crippen LogP contribution < -0.4 is 10.6 Å². The van der Waals surface area contributed by atoms with Gasteiger partial charge in [-0.15, -0.1) is 0 Å². The van der Waals surface area contributed by atoms with Crippen LogP contribution in [0.2, 0.25) is 0 Å². The van der Waals surface area contributed by atoms with E-state index in [1.807, 2.05) is 37.7 Å². The van der Waals surface area contributed by atoms with E-state index in [2.05, 4.69) is 21.9 Å². The van der Waals surface area contributed by atoms with Crippen molar-refractivity contribution in [3.8, 4) is 0 Å². The topological polar surface area (TPSA) is 54.0 Å². The average Bonchev–Trinajstić information content (AvgIpc) is 2.85. The number of thioether (sulfide) groups is 1. The summed E-state index contributed by atoms with van der Waals surface area (Å²) in [5, 5.41) is 6.89. The summed E-state index contributed by atoms with van der Waals surface area (Å²) in [5.74, 6) is 0.783. The molecular weight excluding hydrogens is 270 g/mol. The second kappa shape index (κ2) is 6.97. The number of nitrogens with zero attached hydrogens (tertiary/aromatic N) is 1. The number of aromatic nitrogens is 1. The van der Waals surface area contributed by atoms with Crippen LogP contribution in [0, 0.1) is 6.92 Å². The Morgan fingerprint density at radius 3 is 2.95 bits per heavy atom. The molecule has 2 unspecified atom stereocenters. The van der Waals surface area contributed by atoms with Crippen molar-refractivity contribution in [2.45, 2.75) is 44.4 Å². The number of anilines is 1. The lowest BCUT2D eigenvalue weighted by Crippen LogP contribution is -2.38. The van der Waals surface area contributed by atoms with Gasteiger partial charge in [-0.25, -0.2) is 4.98 Å². The number of aryl methyl sites for hydroxylation is 1. The summed E-state index contributed by atoms with van der Waals surface area (Å²) in [7, 11) is 0. The van der Waals surface area contributed by atoms with Gasteiger partial charge in [0.15, 0.2) is 0 Å². The lowest BCUT2D eigenvalue weighted by molar-refractivity contribution is 0.0938. The van der Waals surface area contributed by atoms with E-state index in [1.54, 1.807) is 0 Å². The fourth-order valence-corrected chi connectivity index (χ4v) is 3.63. The minimum Gasteiger partial charge on any atom is -0.370 e. The van der Waals surface area contributed by atoms with Gasteiger partial charge in [0.1, 0.15) is 5.82 Å². The molecular formula is C15H23N3OS. The molecule has 2 atom stereocenters. The van der Waals surface area contributed by atoms with E-state index in [0.717, 1.165) is 24.5 Å². The Labute approximate surface area is 125 Å². The van der Waals surface area contributed by atoms with Crippen LogP contribution in [0.25, 0.3) is 0 Å². The molecule has 1 amide bonds. The number of pyridine rings is 1. The van der Waals surface area contributed by atoms with E-state index in [4.69, 9.17) is 0 Å². The molecule has 1 aliphatic rings. The maximum Gasteiger partial charge on any atom is 0.251 e. The molecule has 0 bridgehead atoms. The fraction of sp³-hybridized carbons (Fsp3) is 0.600. The number of nitrogens with one attached hydrogen (secondary N) is 2. The smallest absolute Gasteiger partial charge is 0.251 e. The van der Waals surface area contributed by atoms with Crippen molar-refractivity contribution in [1.29, 1.82) is 0 Å². The van der Waals surface area contributed by atoms with Crippen LogP contribution in [0.15, 0.2) is 12.1 Å². The van der Waals surface area contributed by atoms with Crippen LogP contribution in [0.1, 0.15) is 42.2 Å². The monoisotopic (exact) mass is 293 g/mol. The van der Waals surface area contributed by atoms with Crippen LogP contribution in [0.3, 0.4) is 0 Å². The average molecular weight is 293 g/mol. The minimum atomic E-state index is 0.0144. The van der Waals surface area contributed by atoms with Crippen LogP contribution in [0.4, 0.5) is 5.82 Å². The van der Waals surface area contributed by atoms with Crippen LogP contribution >= 0.6 is 11.8 Å². The van der Waals surface area contributed by atoms with Gasteiger partial charge in [0.2, 0.25) is 0 Å². The Hall–Kier alpha value is -1.23. The second-order valence-electron chi connectivity index (χ2n) is 5.20. The highest BCUT2D eigenvalue weighted by atomic mass is 32.2. The van der Waals surface area contributed by atoms with Crippen molar-refractivity contribution in [2.75, 3.05) is 18.1 Å². The van der Waals surface area contributed by atoms with Gasteiger partial charge in [0, 0.05) is 29.1 Å². The molecule has 1 aliphatic carbocycles. The Balaban J connectivity index is 2.08. The summed E-state index contributed by atoms with van der Waals surface area (Å²) in [4.78, 5) is 16.8. The summed E-state index contributed by atoms with van der Waals surface area (Å²) in [6.07, 6.45) is 5.61. The maximum atomic E-state index is 12.4. The molecule has 110 valence electrons. The molecule has 1 heterocycles. The number of carbonyl (C=O) groups is 1. The van der Waals surface area contributed by atoms with Crippen molar-refractivity contribution in [2.24, 2.45) is 0 Å². The molecule has 4 nitrogen and oxygen atoms in total. The predicted octanol–water partition coefficient (Wildman–Crippen LogP) is 2.84. The molecule has 1 aromatic heterocycles. The third-order valence-electron chi connectivity index (χ3n) is 3.65. The van der Waals surface area contributed by atoms with Crippen LogP contribution in [-0.4, -0.2) is 35.0 Å². The molecule has 0 aliphatic heterocycles. The highest BCUT2D eigenvalue weighted by molar-refractivity contribution is 7.99. The molecule has 0 saturated heterocycles. The number of rotatable bonds is 5. The number of amides is 1. The van der Waals surface area contributed by atoms with E-state index < -0.39 is 0 Å². The normalized spacial score (nSPS) is 21.8. The van der Waals surface area contributed by atoms with E-state index in [0.29, 0.717) is 16.9 Å². The summed E-state index contributed by atoms with van der Waals surface area (Å²) in [6.45, 7) is 4.73. The van der Waals surface area contributed by atoms with E-state index in [9.17, 15) is 4.79 Å². The van der Waals surface area contributed by atoms with E-state index >= 15 is 0 Å². The molecule has 0 spiro atoms. The van der Waals surface area contributed by atoms with Gasteiger partial charge >= 0.3 is 0 Å². The molecule has 1 fully saturated rings. The van der Waals surface area contributed by atoms with E-state index in [-0.39, 0.29) is 5.91 Å². The molecule has 0 radical (unpaired) electrons. The molecule has 1 saturated carbocycles. The van der Waals surface area contributed by atoms with Crippen molar-refractivity contribution < 1.29 is 4.79 Å². The standard InChI is InChI=1S/C15H23N3OS/c1-4-16-14-9-11(8-10(2)17-14)15(19)18-12-6-5-7-13(12)20-3/h8-9,12-13H,4-7H2,1-3H3,(H,16,17)(H,18,19). The zero-order chi connectivity index (χ0) is 14.5. The molecule has 0 aromatic carbocycles. The minimum absolute atomic E-state index is 0.0144. The fourth-order valence-electron chi connectivity index (χ4n) is 2.70. The highest BCUT2D eigenvalue weighted by Gasteiger charge is 2.28. The van der Waals surface area contributed by atoms with Gasteiger partial charge in [0.05, 0.1) is 0 Å². The molecule has 1 aromatic rings. The van der Waals surface area contributed by atoms with Crippen molar-refractivity contribution in [1.82, 2.24) is 10.3 Å². The molecule has 5 heteroatoms. The Morgan fingerprint density at radius 1 is 1.45 bits per heavy atom. The molecule has 2 rings (SSSR count). The summed E-state index contributed by atoms with van der Waals surface area (Å²) in [6, 6.07) is 3.97. The van der Waals surface area contributed by atoms with Gasteiger partial charge in [0.25, 0.3) is 5.91 Å².